The number of carbonyl (C=O) groups is 1. The van der Waals surface area contributed by atoms with Gasteiger partial charge in [0.2, 0.25) is 0 Å². The average molecular weight is 881 g/mol. The first-order valence-corrected chi connectivity index (χ1v) is 21.1. The fourth-order valence-electron chi connectivity index (χ4n) is 6.67. The third-order valence-electron chi connectivity index (χ3n) is 9.62. The summed E-state index contributed by atoms with van der Waals surface area (Å²) in [6, 6.07) is 29.6. The molecule has 0 atom stereocenters. The zero-order valence-corrected chi connectivity index (χ0v) is 36.5. The molecule has 0 radical (unpaired) electrons. The number of ketones is 1. The fraction of sp³-hybridized carbons (Fsp3) is 0.200. The Bertz CT molecular complexity index is 2620. The van der Waals surface area contributed by atoms with Gasteiger partial charge in [0.25, 0.3) is 0 Å². The van der Waals surface area contributed by atoms with Gasteiger partial charge >= 0.3 is 11.5 Å². The summed E-state index contributed by atoms with van der Waals surface area (Å²) >= 11 is 25.4. The molecule has 0 saturated heterocycles. The summed E-state index contributed by atoms with van der Waals surface area (Å²) in [6.45, 7) is 10.3. The molecule has 0 unspecified atom stereocenters. The zero-order chi connectivity index (χ0) is 42.5. The highest BCUT2D eigenvalue weighted by atomic mass is 35.5. The maximum atomic E-state index is 13.9. The molecule has 0 fully saturated rings. The first-order chi connectivity index (χ1) is 28.8. The first kappa shape index (κ1) is 43.2. The van der Waals surface area contributed by atoms with Crippen LogP contribution in [-0.4, -0.2) is 19.0 Å². The number of hydrogen-bond donors (Lipinski definition) is 0. The molecule has 0 N–H and O–H groups in total. The van der Waals surface area contributed by atoms with Crippen molar-refractivity contribution in [2.75, 3.05) is 13.2 Å². The molecule has 1 aliphatic heterocycles. The van der Waals surface area contributed by atoms with Gasteiger partial charge in [0, 0.05) is 35.5 Å². The van der Waals surface area contributed by atoms with E-state index in [0.717, 1.165) is 22.3 Å². The van der Waals surface area contributed by atoms with Gasteiger partial charge in [-0.15, -0.1) is 0 Å². The van der Waals surface area contributed by atoms with Gasteiger partial charge in [-0.3, -0.25) is 4.79 Å². The van der Waals surface area contributed by atoms with Crippen molar-refractivity contribution in [1.29, 1.82) is 0 Å². The van der Waals surface area contributed by atoms with Crippen molar-refractivity contribution in [1.82, 2.24) is 0 Å². The topological polar surface area (TPSA) is 79.1 Å². The lowest BCUT2D eigenvalue weighted by Crippen LogP contribution is -2.29. The van der Waals surface area contributed by atoms with E-state index in [0.29, 0.717) is 104 Å². The number of hydrogen-bond acceptors (Lipinski definition) is 5. The predicted molar refractivity (Wildman–Crippen MR) is 241 cm³/mol. The maximum absolute atomic E-state index is 13.9. The summed E-state index contributed by atoms with van der Waals surface area (Å²) in [5.74, 6) is 1.95. The predicted octanol–water partition coefficient (Wildman–Crippen LogP) is 13.5. The Balaban J connectivity index is 1.29. The normalized spacial score (nSPS) is 15.5. The molecule has 6 nitrogen and oxygen atoms in total. The monoisotopic (exact) mass is 878 g/mol. The number of carbonyl (C=O) groups excluding carboxylic acids is 1. The zero-order valence-electron chi connectivity index (χ0n) is 33.5. The second kappa shape index (κ2) is 19.2. The SMILES string of the molecule is CC(C)COCc1ccccc1C1=CC(=CC2=C([O-])C(=Cc3cc(-c4ccc(Cl)c(Cl)c4)[o+]c(-c4ccccc4COCC(C)C)c3)C2=O)C=C(c2ccc(Cl)c(Cl)c2)O1. The van der Waals surface area contributed by atoms with Crippen LogP contribution in [0.3, 0.4) is 0 Å². The molecule has 0 saturated carbocycles. The minimum atomic E-state index is -0.387. The van der Waals surface area contributed by atoms with Gasteiger partial charge in [-0.1, -0.05) is 122 Å². The molecule has 1 aromatic heterocycles. The summed E-state index contributed by atoms with van der Waals surface area (Å²) in [4.78, 5) is 13.9. The van der Waals surface area contributed by atoms with E-state index in [-0.39, 0.29) is 22.7 Å². The average Bonchev–Trinajstić information content (AvgIpc) is 3.23. The van der Waals surface area contributed by atoms with Gasteiger partial charge in [-0.2, -0.15) is 0 Å². The van der Waals surface area contributed by atoms with Crippen LogP contribution in [0.2, 0.25) is 20.1 Å². The standard InChI is InChI=1S/C50H42Cl4O6/c1-29(2)25-57-27-35-9-5-7-11-37(35)47-21-31(19-45(59-47)33-13-15-41(51)43(53)23-33)17-39-49(55)40(50(39)56)18-32-20-46(34-14-16-42(52)44(54)24-34)60-48(22-32)38-12-8-6-10-36(38)28-58-26-30(3)4/h5-24,29-30H,25-28H2,1-4H3. The molecular formula is C50H42Cl4O6. The minimum absolute atomic E-state index is 0.0465. The molecule has 0 bridgehead atoms. The van der Waals surface area contributed by atoms with Crippen LogP contribution >= 0.6 is 46.4 Å². The molecule has 306 valence electrons. The van der Waals surface area contributed by atoms with E-state index in [9.17, 15) is 9.90 Å². The molecule has 4 aromatic carbocycles. The van der Waals surface area contributed by atoms with Crippen LogP contribution in [-0.2, 0) is 32.2 Å². The summed E-state index contributed by atoms with van der Waals surface area (Å²) in [5, 5.41) is 15.4. The Morgan fingerprint density at radius 2 is 1.20 bits per heavy atom. The summed E-state index contributed by atoms with van der Waals surface area (Å²) in [7, 11) is 0. The molecule has 1 aliphatic carbocycles. The quantitative estimate of drug-likeness (QED) is 0.0817. The molecule has 7 rings (SSSR count). The lowest BCUT2D eigenvalue weighted by Gasteiger charge is -2.29. The number of allylic oxidation sites excluding steroid dienone is 6. The van der Waals surface area contributed by atoms with Crippen LogP contribution in [0.5, 0.6) is 0 Å². The van der Waals surface area contributed by atoms with Crippen LogP contribution in [0.1, 0.15) is 55.5 Å². The number of rotatable bonds is 14. The van der Waals surface area contributed by atoms with Crippen LogP contribution in [0.4, 0.5) is 0 Å². The van der Waals surface area contributed by atoms with E-state index < -0.39 is 0 Å². The van der Waals surface area contributed by atoms with Gasteiger partial charge in [-0.05, 0) is 101 Å². The molecular weight excluding hydrogens is 838 g/mol. The van der Waals surface area contributed by atoms with Crippen molar-refractivity contribution < 1.29 is 28.5 Å². The van der Waals surface area contributed by atoms with Gasteiger partial charge in [0.1, 0.15) is 11.5 Å². The molecule has 2 aliphatic rings. The van der Waals surface area contributed by atoms with E-state index >= 15 is 0 Å². The fourth-order valence-corrected chi connectivity index (χ4v) is 7.27. The third kappa shape index (κ3) is 10.2. The highest BCUT2D eigenvalue weighted by molar-refractivity contribution is 6.42. The summed E-state index contributed by atoms with van der Waals surface area (Å²) < 4.78 is 25.0. The molecule has 0 spiro atoms. The number of ether oxygens (including phenoxy) is 3. The van der Waals surface area contributed by atoms with Crippen LogP contribution in [0.25, 0.3) is 40.2 Å². The minimum Gasteiger partial charge on any atom is -0.871 e. The van der Waals surface area contributed by atoms with E-state index in [1.165, 1.54) is 0 Å². The van der Waals surface area contributed by atoms with E-state index in [2.05, 4.69) is 27.7 Å². The van der Waals surface area contributed by atoms with Crippen molar-refractivity contribution in [3.63, 3.8) is 0 Å². The van der Waals surface area contributed by atoms with Gasteiger partial charge in [0.15, 0.2) is 5.78 Å². The Labute approximate surface area is 370 Å². The van der Waals surface area contributed by atoms with E-state index in [4.69, 9.17) is 65.0 Å². The van der Waals surface area contributed by atoms with Crippen LogP contribution in [0, 0.1) is 11.8 Å². The largest absolute Gasteiger partial charge is 0.871 e. The van der Waals surface area contributed by atoms with E-state index in [1.54, 1.807) is 60.7 Å². The Morgan fingerprint density at radius 1 is 0.650 bits per heavy atom. The lowest BCUT2D eigenvalue weighted by molar-refractivity contribution is -0.300. The number of benzene rings is 4. The van der Waals surface area contributed by atoms with Crippen molar-refractivity contribution in [3.05, 3.63) is 186 Å². The molecule has 2 heterocycles. The summed E-state index contributed by atoms with van der Waals surface area (Å²) in [5.41, 5.74) is 6.08. The van der Waals surface area contributed by atoms with Crippen molar-refractivity contribution in [2.24, 2.45) is 11.8 Å². The lowest BCUT2D eigenvalue weighted by atomic mass is 9.85. The molecule has 5 aromatic rings. The van der Waals surface area contributed by atoms with Crippen LogP contribution in [0.15, 0.2) is 142 Å². The van der Waals surface area contributed by atoms with Crippen molar-refractivity contribution in [3.8, 4) is 22.6 Å². The maximum Gasteiger partial charge on any atom is 0.361 e. The Kier molecular flexibility index (Phi) is 13.8. The second-order valence-corrected chi connectivity index (χ2v) is 17.0. The first-order valence-electron chi connectivity index (χ1n) is 19.6. The Morgan fingerprint density at radius 3 is 1.82 bits per heavy atom. The Hall–Kier alpha value is -4.92. The molecule has 0 amide bonds. The second-order valence-electron chi connectivity index (χ2n) is 15.4. The van der Waals surface area contributed by atoms with Crippen LogP contribution < -0.4 is 5.11 Å². The van der Waals surface area contributed by atoms with E-state index in [1.807, 2.05) is 60.7 Å². The number of halogens is 4. The summed E-state index contributed by atoms with van der Waals surface area (Å²) in [6.07, 6.45) is 6.78. The highest BCUT2D eigenvalue weighted by Crippen LogP contribution is 2.39. The highest BCUT2D eigenvalue weighted by Gasteiger charge is 2.29. The third-order valence-corrected chi connectivity index (χ3v) is 11.1. The van der Waals surface area contributed by atoms with Crippen molar-refractivity contribution in [2.45, 2.75) is 40.9 Å². The smallest absolute Gasteiger partial charge is 0.361 e. The van der Waals surface area contributed by atoms with Gasteiger partial charge < -0.3 is 19.3 Å². The van der Waals surface area contributed by atoms with Gasteiger partial charge in [0.05, 0.1) is 56.6 Å². The molecule has 60 heavy (non-hydrogen) atoms. The van der Waals surface area contributed by atoms with Crippen molar-refractivity contribution >= 4 is 69.8 Å². The van der Waals surface area contributed by atoms with Gasteiger partial charge in [-0.25, -0.2) is 4.42 Å². The number of Topliss-reactive ketones (excluding diaryl/α,β-unsaturated/α-hetero) is 1. The molecule has 10 heteroatoms.